The van der Waals surface area contributed by atoms with Gasteiger partial charge in [0.25, 0.3) is 0 Å². The lowest BCUT2D eigenvalue weighted by Crippen LogP contribution is -2.03. The smallest absolute Gasteiger partial charge is 0.0464 e. The van der Waals surface area contributed by atoms with E-state index in [1.165, 1.54) is 11.1 Å². The number of hydrogen-bond donors (Lipinski definition) is 1. The van der Waals surface area contributed by atoms with Crippen LogP contribution in [0.2, 0.25) is 0 Å². The zero-order chi connectivity index (χ0) is 10.4. The summed E-state index contributed by atoms with van der Waals surface area (Å²) in [4.78, 5) is 0. The first-order valence-corrected chi connectivity index (χ1v) is 6.12. The Labute approximate surface area is 90.5 Å². The summed E-state index contributed by atoms with van der Waals surface area (Å²) >= 11 is 1.88. The molecule has 1 unspecified atom stereocenters. The predicted octanol–water partition coefficient (Wildman–Crippen LogP) is 2.86. The van der Waals surface area contributed by atoms with E-state index in [1.807, 2.05) is 11.8 Å². The number of thioether (sulfide) groups is 1. The van der Waals surface area contributed by atoms with Crippen molar-refractivity contribution in [2.45, 2.75) is 19.6 Å². The van der Waals surface area contributed by atoms with Crippen molar-refractivity contribution in [3.63, 3.8) is 0 Å². The Kier molecular flexibility index (Phi) is 5.05. The summed E-state index contributed by atoms with van der Waals surface area (Å²) in [5.41, 5.74) is 2.67. The van der Waals surface area contributed by atoms with Gasteiger partial charge in [0.1, 0.15) is 0 Å². The Bertz CT molecular complexity index is 256. The van der Waals surface area contributed by atoms with Crippen LogP contribution in [-0.4, -0.2) is 17.5 Å². The number of hydrogen-bond acceptors (Lipinski definition) is 2. The van der Waals surface area contributed by atoms with Crippen LogP contribution in [-0.2, 0) is 5.75 Å². The maximum atomic E-state index is 8.86. The molecule has 0 aliphatic heterocycles. The van der Waals surface area contributed by atoms with Crippen LogP contribution < -0.4 is 0 Å². The van der Waals surface area contributed by atoms with Gasteiger partial charge in [-0.2, -0.15) is 11.8 Å². The van der Waals surface area contributed by atoms with E-state index in [2.05, 4.69) is 38.1 Å². The molecule has 1 aromatic carbocycles. The highest BCUT2D eigenvalue weighted by atomic mass is 32.2. The molecule has 0 fully saturated rings. The molecular weight excluding hydrogens is 192 g/mol. The molecule has 1 rings (SSSR count). The molecule has 2 heteroatoms. The number of benzene rings is 1. The summed E-state index contributed by atoms with van der Waals surface area (Å²) in [6.07, 6.45) is 0. The average molecular weight is 210 g/mol. The third-order valence-corrected chi connectivity index (χ3v) is 3.45. The lowest BCUT2D eigenvalue weighted by Gasteiger charge is -2.07. The molecule has 78 valence electrons. The molecule has 0 heterocycles. The third kappa shape index (κ3) is 4.16. The molecule has 1 N–H and O–H groups in total. The van der Waals surface area contributed by atoms with Crippen LogP contribution in [0.15, 0.2) is 24.3 Å². The summed E-state index contributed by atoms with van der Waals surface area (Å²) in [5.74, 6) is 2.49. The molecule has 0 saturated carbocycles. The summed E-state index contributed by atoms with van der Waals surface area (Å²) in [7, 11) is 0. The van der Waals surface area contributed by atoms with Crippen molar-refractivity contribution in [1.29, 1.82) is 0 Å². The molecular formula is C12H18OS. The van der Waals surface area contributed by atoms with E-state index in [1.54, 1.807) is 0 Å². The Balaban J connectivity index is 2.28. The van der Waals surface area contributed by atoms with Gasteiger partial charge in [-0.1, -0.05) is 36.8 Å². The van der Waals surface area contributed by atoms with Crippen molar-refractivity contribution < 1.29 is 5.11 Å². The zero-order valence-electron chi connectivity index (χ0n) is 8.86. The van der Waals surface area contributed by atoms with E-state index in [4.69, 9.17) is 5.11 Å². The van der Waals surface area contributed by atoms with E-state index < -0.39 is 0 Å². The standard InChI is InChI=1S/C12H18OS/c1-10-3-5-12(6-4-10)9-14-8-11(2)7-13/h3-6,11,13H,7-9H2,1-2H3. The molecule has 0 aliphatic carbocycles. The minimum Gasteiger partial charge on any atom is -0.396 e. The van der Waals surface area contributed by atoms with Crippen molar-refractivity contribution in [2.24, 2.45) is 5.92 Å². The number of aliphatic hydroxyl groups is 1. The summed E-state index contributed by atoms with van der Waals surface area (Å²) < 4.78 is 0. The Hall–Kier alpha value is -0.470. The number of aliphatic hydroxyl groups excluding tert-OH is 1. The van der Waals surface area contributed by atoms with Crippen molar-refractivity contribution in [3.8, 4) is 0 Å². The van der Waals surface area contributed by atoms with Crippen molar-refractivity contribution in [3.05, 3.63) is 35.4 Å². The van der Waals surface area contributed by atoms with E-state index in [0.29, 0.717) is 12.5 Å². The lowest BCUT2D eigenvalue weighted by molar-refractivity contribution is 0.250. The average Bonchev–Trinajstić information content (AvgIpc) is 2.21. The fraction of sp³-hybridized carbons (Fsp3) is 0.500. The molecule has 0 amide bonds. The Morgan fingerprint density at radius 1 is 1.29 bits per heavy atom. The van der Waals surface area contributed by atoms with Gasteiger partial charge < -0.3 is 5.11 Å². The highest BCUT2D eigenvalue weighted by molar-refractivity contribution is 7.98. The van der Waals surface area contributed by atoms with Gasteiger partial charge in [0.05, 0.1) is 0 Å². The van der Waals surface area contributed by atoms with Gasteiger partial charge in [-0.05, 0) is 24.2 Å². The van der Waals surface area contributed by atoms with Crippen LogP contribution in [0, 0.1) is 12.8 Å². The fourth-order valence-electron chi connectivity index (χ4n) is 1.11. The van der Waals surface area contributed by atoms with Gasteiger partial charge in [0, 0.05) is 12.4 Å². The minimum atomic E-state index is 0.293. The third-order valence-electron chi connectivity index (χ3n) is 2.10. The van der Waals surface area contributed by atoms with E-state index in [0.717, 1.165) is 11.5 Å². The second-order valence-electron chi connectivity index (χ2n) is 3.79. The second-order valence-corrected chi connectivity index (χ2v) is 4.82. The maximum absolute atomic E-state index is 8.86. The quantitative estimate of drug-likeness (QED) is 0.806. The molecule has 0 spiro atoms. The normalized spacial score (nSPS) is 12.8. The van der Waals surface area contributed by atoms with Crippen molar-refractivity contribution in [1.82, 2.24) is 0 Å². The van der Waals surface area contributed by atoms with Gasteiger partial charge in [0.15, 0.2) is 0 Å². The summed E-state index contributed by atoms with van der Waals surface area (Å²) in [5, 5.41) is 8.86. The van der Waals surface area contributed by atoms with Gasteiger partial charge in [-0.25, -0.2) is 0 Å². The first-order valence-electron chi connectivity index (χ1n) is 4.96. The predicted molar refractivity (Wildman–Crippen MR) is 63.6 cm³/mol. The molecule has 1 nitrogen and oxygen atoms in total. The fourth-order valence-corrected chi connectivity index (χ4v) is 2.17. The van der Waals surface area contributed by atoms with Gasteiger partial charge >= 0.3 is 0 Å². The second kappa shape index (κ2) is 6.10. The molecule has 0 aromatic heterocycles. The van der Waals surface area contributed by atoms with E-state index >= 15 is 0 Å². The van der Waals surface area contributed by atoms with Gasteiger partial charge in [0.2, 0.25) is 0 Å². The highest BCUT2D eigenvalue weighted by Gasteiger charge is 2.00. The Morgan fingerprint density at radius 3 is 2.50 bits per heavy atom. The summed E-state index contributed by atoms with van der Waals surface area (Å²) in [6.45, 7) is 4.47. The summed E-state index contributed by atoms with van der Waals surface area (Å²) in [6, 6.07) is 8.63. The number of aryl methyl sites for hydroxylation is 1. The Morgan fingerprint density at radius 2 is 1.93 bits per heavy atom. The van der Waals surface area contributed by atoms with Gasteiger partial charge in [-0.15, -0.1) is 0 Å². The SMILES string of the molecule is Cc1ccc(CSCC(C)CO)cc1. The minimum absolute atomic E-state index is 0.293. The van der Waals surface area contributed by atoms with Gasteiger partial charge in [-0.3, -0.25) is 0 Å². The molecule has 0 saturated heterocycles. The number of rotatable bonds is 5. The van der Waals surface area contributed by atoms with Crippen LogP contribution in [0.1, 0.15) is 18.1 Å². The van der Waals surface area contributed by atoms with Crippen LogP contribution in [0.25, 0.3) is 0 Å². The van der Waals surface area contributed by atoms with Crippen LogP contribution in [0.4, 0.5) is 0 Å². The van der Waals surface area contributed by atoms with Crippen molar-refractivity contribution >= 4 is 11.8 Å². The monoisotopic (exact) mass is 210 g/mol. The van der Waals surface area contributed by atoms with Crippen molar-refractivity contribution in [2.75, 3.05) is 12.4 Å². The lowest BCUT2D eigenvalue weighted by atomic mass is 10.2. The molecule has 1 aromatic rings. The molecule has 0 radical (unpaired) electrons. The topological polar surface area (TPSA) is 20.2 Å². The first-order chi connectivity index (χ1) is 6.72. The molecule has 0 bridgehead atoms. The van der Waals surface area contributed by atoms with Crippen LogP contribution in [0.5, 0.6) is 0 Å². The van der Waals surface area contributed by atoms with E-state index in [-0.39, 0.29) is 0 Å². The maximum Gasteiger partial charge on any atom is 0.0464 e. The highest BCUT2D eigenvalue weighted by Crippen LogP contribution is 2.15. The molecule has 1 atom stereocenters. The zero-order valence-corrected chi connectivity index (χ0v) is 9.68. The largest absolute Gasteiger partial charge is 0.396 e. The van der Waals surface area contributed by atoms with Crippen LogP contribution in [0.3, 0.4) is 0 Å². The van der Waals surface area contributed by atoms with Crippen LogP contribution >= 0.6 is 11.8 Å². The molecule has 0 aliphatic rings. The first kappa shape index (κ1) is 11.6. The van der Waals surface area contributed by atoms with E-state index in [9.17, 15) is 0 Å². The molecule has 14 heavy (non-hydrogen) atoms.